The van der Waals surface area contributed by atoms with Crippen molar-refractivity contribution in [1.29, 1.82) is 0 Å². The van der Waals surface area contributed by atoms with E-state index in [4.69, 9.17) is 15.6 Å². The van der Waals surface area contributed by atoms with Gasteiger partial charge in [-0.1, -0.05) is 19.4 Å². The number of hydrogen-bond acceptors (Lipinski definition) is 3. The minimum absolute atomic E-state index is 0.108. The van der Waals surface area contributed by atoms with Crippen LogP contribution in [0.4, 0.5) is 4.39 Å². The normalized spacial score (nSPS) is 11.9. The Labute approximate surface area is 142 Å². The van der Waals surface area contributed by atoms with Gasteiger partial charge in [0.25, 0.3) is 0 Å². The number of carbonyl (C=O) groups is 2. The van der Waals surface area contributed by atoms with Gasteiger partial charge in [-0.2, -0.15) is 0 Å². The Bertz CT molecular complexity index is 548. The Balaban J connectivity index is 2.41. The lowest BCUT2D eigenvalue weighted by Gasteiger charge is -2.13. The van der Waals surface area contributed by atoms with Crippen molar-refractivity contribution in [2.75, 3.05) is 6.61 Å². The molecule has 0 aliphatic heterocycles. The number of carboxylic acid groups (broad SMARTS) is 1. The number of rotatable bonds is 12. The number of carbonyl (C=O) groups excluding carboxylic acids is 1. The van der Waals surface area contributed by atoms with E-state index < -0.39 is 11.8 Å². The fraction of sp³-hybridized carbons (Fsp3) is 0.556. The van der Waals surface area contributed by atoms with E-state index in [2.05, 4.69) is 0 Å². The molecule has 0 fully saturated rings. The van der Waals surface area contributed by atoms with E-state index in [1.165, 1.54) is 6.07 Å². The Kier molecular flexibility index (Phi) is 8.83. The second-order valence-corrected chi connectivity index (χ2v) is 6.14. The molecule has 6 heteroatoms. The van der Waals surface area contributed by atoms with Gasteiger partial charge in [0.05, 0.1) is 6.61 Å². The zero-order valence-corrected chi connectivity index (χ0v) is 14.1. The Morgan fingerprint density at radius 3 is 2.67 bits per heavy atom. The lowest BCUT2D eigenvalue weighted by molar-refractivity contribution is -0.137. The first-order chi connectivity index (χ1) is 11.4. The summed E-state index contributed by atoms with van der Waals surface area (Å²) in [6.07, 6.45) is 4.17. The smallest absolute Gasteiger partial charge is 0.303 e. The van der Waals surface area contributed by atoms with Crippen molar-refractivity contribution in [3.63, 3.8) is 0 Å². The minimum atomic E-state index is -0.780. The van der Waals surface area contributed by atoms with Crippen LogP contribution in [-0.4, -0.2) is 23.6 Å². The molecule has 1 amide bonds. The topological polar surface area (TPSA) is 89.6 Å². The molecule has 0 aliphatic rings. The number of aliphatic carboxylic acids is 1. The lowest BCUT2D eigenvalue weighted by Crippen LogP contribution is -2.15. The third-order valence-corrected chi connectivity index (χ3v) is 3.76. The lowest BCUT2D eigenvalue weighted by atomic mass is 10.1. The van der Waals surface area contributed by atoms with Crippen molar-refractivity contribution in [3.8, 4) is 5.75 Å². The van der Waals surface area contributed by atoms with Gasteiger partial charge < -0.3 is 15.6 Å². The van der Waals surface area contributed by atoms with Crippen molar-refractivity contribution in [2.24, 2.45) is 11.7 Å². The molecule has 0 saturated heterocycles. The zero-order chi connectivity index (χ0) is 17.9. The SMILES string of the molecule is C[C@@H](CCC(N)=O)COc1cc(CCCCCC(=O)O)ccc1F. The number of amides is 1. The molecule has 0 spiro atoms. The van der Waals surface area contributed by atoms with Gasteiger partial charge in [0, 0.05) is 12.8 Å². The maximum atomic E-state index is 13.8. The molecule has 0 bridgehead atoms. The molecule has 1 rings (SSSR count). The van der Waals surface area contributed by atoms with Gasteiger partial charge in [-0.05, 0) is 49.3 Å². The molecule has 0 heterocycles. The Morgan fingerprint density at radius 2 is 2.00 bits per heavy atom. The van der Waals surface area contributed by atoms with Gasteiger partial charge in [0.1, 0.15) is 0 Å². The number of primary amides is 1. The van der Waals surface area contributed by atoms with Gasteiger partial charge in [-0.25, -0.2) is 4.39 Å². The maximum absolute atomic E-state index is 13.8. The number of nitrogens with two attached hydrogens (primary N) is 1. The monoisotopic (exact) mass is 339 g/mol. The summed E-state index contributed by atoms with van der Waals surface area (Å²) in [7, 11) is 0. The number of carboxylic acids is 1. The number of halogens is 1. The van der Waals surface area contributed by atoms with Crippen LogP contribution in [0.15, 0.2) is 18.2 Å². The molecule has 1 aromatic rings. The molecule has 0 radical (unpaired) electrons. The van der Waals surface area contributed by atoms with Crippen LogP contribution < -0.4 is 10.5 Å². The van der Waals surface area contributed by atoms with Crippen LogP contribution in [-0.2, 0) is 16.0 Å². The minimum Gasteiger partial charge on any atom is -0.490 e. The molecule has 24 heavy (non-hydrogen) atoms. The van der Waals surface area contributed by atoms with Crippen LogP contribution in [0.1, 0.15) is 51.0 Å². The van der Waals surface area contributed by atoms with Crippen LogP contribution in [0.5, 0.6) is 5.75 Å². The second-order valence-electron chi connectivity index (χ2n) is 6.14. The van der Waals surface area contributed by atoms with Crippen molar-refractivity contribution in [2.45, 2.75) is 51.9 Å². The number of benzene rings is 1. The fourth-order valence-corrected chi connectivity index (χ4v) is 2.30. The molecule has 3 N–H and O–H groups in total. The van der Waals surface area contributed by atoms with Crippen LogP contribution in [0, 0.1) is 11.7 Å². The third kappa shape index (κ3) is 8.50. The third-order valence-electron chi connectivity index (χ3n) is 3.76. The summed E-state index contributed by atoms with van der Waals surface area (Å²) in [4.78, 5) is 21.2. The summed E-state index contributed by atoms with van der Waals surface area (Å²) >= 11 is 0. The maximum Gasteiger partial charge on any atom is 0.303 e. The van der Waals surface area contributed by atoms with E-state index in [1.54, 1.807) is 12.1 Å². The molecule has 1 aromatic carbocycles. The quantitative estimate of drug-likeness (QED) is 0.572. The second kappa shape index (κ2) is 10.6. The first-order valence-corrected chi connectivity index (χ1v) is 8.29. The molecular weight excluding hydrogens is 313 g/mol. The van der Waals surface area contributed by atoms with E-state index in [0.29, 0.717) is 25.9 Å². The molecule has 0 unspecified atom stereocenters. The largest absolute Gasteiger partial charge is 0.490 e. The predicted molar refractivity (Wildman–Crippen MR) is 89.3 cm³/mol. The van der Waals surface area contributed by atoms with Gasteiger partial charge in [0.15, 0.2) is 11.6 Å². The standard InChI is InChI=1S/C18H26FNO4/c1-13(7-10-17(20)21)12-24-16-11-14(8-9-15(16)19)5-3-2-4-6-18(22)23/h8-9,11,13H,2-7,10,12H2,1H3,(H2,20,21)(H,22,23)/t13-/m0/s1. The number of unbranched alkanes of at least 4 members (excludes halogenated alkanes) is 2. The Hall–Kier alpha value is -2.11. The number of aryl methyl sites for hydroxylation is 1. The molecule has 134 valence electrons. The summed E-state index contributed by atoms with van der Waals surface area (Å²) in [5.74, 6) is -1.22. The van der Waals surface area contributed by atoms with Crippen molar-refractivity contribution in [1.82, 2.24) is 0 Å². The van der Waals surface area contributed by atoms with Crippen LogP contribution in [0.2, 0.25) is 0 Å². The molecule has 0 aliphatic carbocycles. The average Bonchev–Trinajstić information content (AvgIpc) is 2.52. The average molecular weight is 339 g/mol. The summed E-state index contributed by atoms with van der Waals surface area (Å²) in [6.45, 7) is 2.25. The molecule has 5 nitrogen and oxygen atoms in total. The van der Waals surface area contributed by atoms with Crippen LogP contribution in [0.25, 0.3) is 0 Å². The van der Waals surface area contributed by atoms with Gasteiger partial charge in [0.2, 0.25) is 5.91 Å². The van der Waals surface area contributed by atoms with Gasteiger partial charge in [-0.3, -0.25) is 9.59 Å². The van der Waals surface area contributed by atoms with E-state index in [9.17, 15) is 14.0 Å². The van der Waals surface area contributed by atoms with E-state index >= 15 is 0 Å². The highest BCUT2D eigenvalue weighted by Crippen LogP contribution is 2.21. The summed E-state index contributed by atoms with van der Waals surface area (Å²) in [5.41, 5.74) is 6.07. The molecule has 0 saturated carbocycles. The van der Waals surface area contributed by atoms with Gasteiger partial charge >= 0.3 is 5.97 Å². The highest BCUT2D eigenvalue weighted by molar-refractivity contribution is 5.73. The highest BCUT2D eigenvalue weighted by atomic mass is 19.1. The summed E-state index contributed by atoms with van der Waals surface area (Å²) < 4.78 is 19.3. The van der Waals surface area contributed by atoms with Crippen molar-refractivity contribution >= 4 is 11.9 Å². The first-order valence-electron chi connectivity index (χ1n) is 8.29. The molecule has 0 aromatic heterocycles. The van der Waals surface area contributed by atoms with Crippen molar-refractivity contribution < 1.29 is 23.8 Å². The zero-order valence-electron chi connectivity index (χ0n) is 14.1. The van der Waals surface area contributed by atoms with E-state index in [1.807, 2.05) is 6.92 Å². The molecular formula is C18H26FNO4. The number of ether oxygens (including phenoxy) is 1. The highest BCUT2D eigenvalue weighted by Gasteiger charge is 2.09. The number of hydrogen-bond donors (Lipinski definition) is 2. The summed E-state index contributed by atoms with van der Waals surface area (Å²) in [5, 5.41) is 8.59. The van der Waals surface area contributed by atoms with E-state index in [0.717, 1.165) is 24.8 Å². The first kappa shape index (κ1) is 19.9. The fourth-order valence-electron chi connectivity index (χ4n) is 2.30. The van der Waals surface area contributed by atoms with Crippen molar-refractivity contribution in [3.05, 3.63) is 29.6 Å². The summed E-state index contributed by atoms with van der Waals surface area (Å²) in [6, 6.07) is 4.79. The van der Waals surface area contributed by atoms with Gasteiger partial charge in [-0.15, -0.1) is 0 Å². The van der Waals surface area contributed by atoms with E-state index in [-0.39, 0.29) is 24.0 Å². The van der Waals surface area contributed by atoms with Crippen LogP contribution in [0.3, 0.4) is 0 Å². The Morgan fingerprint density at radius 1 is 1.25 bits per heavy atom. The van der Waals surface area contributed by atoms with Crippen LogP contribution >= 0.6 is 0 Å². The predicted octanol–water partition coefficient (Wildman–Crippen LogP) is 3.29. The molecule has 1 atom stereocenters.